The maximum Gasteiger partial charge on any atom is 0.326 e. The number of hydrogen-bond donors (Lipinski definition) is 3. The van der Waals surface area contributed by atoms with E-state index in [0.29, 0.717) is 22.8 Å². The molecule has 3 N–H and O–H groups in total. The maximum absolute atomic E-state index is 15.2. The Kier molecular flexibility index (Phi) is 6.34. The molecule has 184 valence electrons. The number of ether oxygens (including phenoxy) is 1. The minimum atomic E-state index is -0.439. The van der Waals surface area contributed by atoms with E-state index in [2.05, 4.69) is 49.0 Å². The molecule has 0 radical (unpaired) electrons. The fourth-order valence-electron chi connectivity index (χ4n) is 4.36. The molecule has 1 saturated carbocycles. The molecule has 0 amide bonds. The van der Waals surface area contributed by atoms with Crippen LogP contribution in [0.5, 0.6) is 11.8 Å². The highest BCUT2D eigenvalue weighted by Gasteiger charge is 2.25. The fraction of sp³-hybridized carbons (Fsp3) is 0.385. The molecule has 1 aliphatic heterocycles. The van der Waals surface area contributed by atoms with Gasteiger partial charge in [0.25, 0.3) is 0 Å². The van der Waals surface area contributed by atoms with E-state index in [9.17, 15) is 0 Å². The Balaban J connectivity index is 1.44. The molecular formula is C26H32FN7O. The number of anilines is 2. The van der Waals surface area contributed by atoms with E-state index in [4.69, 9.17) is 4.74 Å². The molecule has 2 aromatic heterocycles. The van der Waals surface area contributed by atoms with Crippen molar-refractivity contribution in [3.8, 4) is 11.8 Å². The van der Waals surface area contributed by atoms with Gasteiger partial charge in [-0.1, -0.05) is 6.58 Å². The number of aryl methyl sites for hydroxylation is 1. The van der Waals surface area contributed by atoms with Crippen molar-refractivity contribution in [3.05, 3.63) is 59.8 Å². The second kappa shape index (κ2) is 9.58. The number of rotatable bonds is 8. The van der Waals surface area contributed by atoms with Gasteiger partial charge in [0.1, 0.15) is 11.6 Å². The van der Waals surface area contributed by atoms with Gasteiger partial charge in [0.2, 0.25) is 0 Å². The van der Waals surface area contributed by atoms with Crippen LogP contribution in [0.4, 0.5) is 16.0 Å². The highest BCUT2D eigenvalue weighted by Crippen LogP contribution is 2.35. The fourth-order valence-corrected chi connectivity index (χ4v) is 4.36. The second-order valence-electron chi connectivity index (χ2n) is 9.35. The highest BCUT2D eigenvalue weighted by molar-refractivity contribution is 5.82. The first-order valence-electron chi connectivity index (χ1n) is 12.0. The molecule has 3 heterocycles. The number of H-pyrrole nitrogens is 1. The van der Waals surface area contributed by atoms with Crippen LogP contribution in [-0.4, -0.2) is 60.1 Å². The largest absolute Gasteiger partial charge is 0.421 e. The van der Waals surface area contributed by atoms with E-state index in [0.717, 1.165) is 48.9 Å². The quantitative estimate of drug-likeness (QED) is 0.415. The third kappa shape index (κ3) is 5.24. The summed E-state index contributed by atoms with van der Waals surface area (Å²) in [5.74, 6) is 1.50. The van der Waals surface area contributed by atoms with Gasteiger partial charge in [0, 0.05) is 67.3 Å². The van der Waals surface area contributed by atoms with E-state index >= 15 is 4.39 Å². The molecule has 0 bridgehead atoms. The molecule has 1 saturated heterocycles. The first-order valence-corrected chi connectivity index (χ1v) is 12.0. The Morgan fingerprint density at radius 1 is 1.20 bits per heavy atom. The molecule has 3 aromatic rings. The van der Waals surface area contributed by atoms with E-state index in [1.165, 1.54) is 12.8 Å². The van der Waals surface area contributed by atoms with Crippen LogP contribution in [0.3, 0.4) is 0 Å². The average Bonchev–Trinajstić information content (AvgIpc) is 3.60. The lowest BCUT2D eigenvalue weighted by Crippen LogP contribution is -2.44. The Labute approximate surface area is 204 Å². The maximum atomic E-state index is 15.2. The zero-order chi connectivity index (χ0) is 24.5. The zero-order valence-electron chi connectivity index (χ0n) is 20.5. The Morgan fingerprint density at radius 3 is 2.69 bits per heavy atom. The van der Waals surface area contributed by atoms with E-state index in [1.54, 1.807) is 18.2 Å². The van der Waals surface area contributed by atoms with Crippen LogP contribution in [0.1, 0.15) is 18.5 Å². The number of nitrogens with zero attached hydrogens (tertiary/aromatic N) is 4. The number of benzene rings is 1. The van der Waals surface area contributed by atoms with Gasteiger partial charge in [0.05, 0.1) is 0 Å². The molecule has 0 spiro atoms. The third-order valence-corrected chi connectivity index (χ3v) is 6.48. The number of aromatic nitrogens is 3. The van der Waals surface area contributed by atoms with Gasteiger partial charge < -0.3 is 30.2 Å². The number of nitrogens with one attached hydrogen (secondary N) is 3. The summed E-state index contributed by atoms with van der Waals surface area (Å²) in [6, 6.07) is 7.14. The lowest BCUT2D eigenvalue weighted by molar-refractivity contribution is 0.311. The molecule has 2 aliphatic rings. The molecule has 9 heteroatoms. The molecule has 1 aliphatic carbocycles. The molecule has 1 aromatic carbocycles. The highest BCUT2D eigenvalue weighted by atomic mass is 19.1. The minimum Gasteiger partial charge on any atom is -0.421 e. The summed E-state index contributed by atoms with van der Waals surface area (Å²) in [5, 5.41) is 7.01. The van der Waals surface area contributed by atoms with Crippen molar-refractivity contribution in [3.63, 3.8) is 0 Å². The van der Waals surface area contributed by atoms with Crippen molar-refractivity contribution in [2.75, 3.05) is 50.5 Å². The zero-order valence-corrected chi connectivity index (χ0v) is 20.5. The number of aromatic amines is 1. The summed E-state index contributed by atoms with van der Waals surface area (Å²) in [6.45, 7) is 9.58. The molecule has 35 heavy (non-hydrogen) atoms. The van der Waals surface area contributed by atoms with Crippen molar-refractivity contribution < 1.29 is 9.13 Å². The van der Waals surface area contributed by atoms with Crippen molar-refractivity contribution in [1.29, 1.82) is 0 Å². The molecule has 0 unspecified atom stereocenters. The molecule has 0 atom stereocenters. The van der Waals surface area contributed by atoms with E-state index in [1.807, 2.05) is 26.1 Å². The van der Waals surface area contributed by atoms with Crippen molar-refractivity contribution in [2.24, 2.45) is 5.92 Å². The monoisotopic (exact) mass is 477 g/mol. The van der Waals surface area contributed by atoms with Crippen LogP contribution in [0.15, 0.2) is 48.3 Å². The summed E-state index contributed by atoms with van der Waals surface area (Å²) in [5.41, 5.74) is 3.48. The number of halogens is 1. The minimum absolute atomic E-state index is 0.0854. The van der Waals surface area contributed by atoms with Crippen LogP contribution in [0, 0.1) is 18.7 Å². The van der Waals surface area contributed by atoms with Gasteiger partial charge in [-0.05, 0) is 57.0 Å². The first-order chi connectivity index (χ1) is 16.9. The van der Waals surface area contributed by atoms with E-state index < -0.39 is 5.82 Å². The standard InChI is InChI=1S/C26H32FN7O/c1-16-13-19-20(29-16)7-8-22(25(19)27)35-26-31-23(30-17(2)14-21(28-3)18-5-6-18)15-24(32-26)34-11-9-33(4)10-12-34/h7-8,13-15,18,28-29H,2,5-6,9-12H2,1,3-4H3,(H,30,31,32)/b21-14-. The molecule has 8 nitrogen and oxygen atoms in total. The lowest BCUT2D eigenvalue weighted by Gasteiger charge is -2.33. The lowest BCUT2D eigenvalue weighted by atomic mass is 10.2. The van der Waals surface area contributed by atoms with Gasteiger partial charge in [-0.3, -0.25) is 0 Å². The Morgan fingerprint density at radius 2 is 1.97 bits per heavy atom. The number of likely N-dealkylation sites (N-methyl/N-ethyl adjacent to an activating group) is 1. The van der Waals surface area contributed by atoms with Crippen molar-refractivity contribution in [2.45, 2.75) is 19.8 Å². The van der Waals surface area contributed by atoms with Crippen LogP contribution in [0.2, 0.25) is 0 Å². The Hall–Kier alpha value is -3.59. The number of piperazine rings is 1. The average molecular weight is 478 g/mol. The van der Waals surface area contributed by atoms with Crippen LogP contribution >= 0.6 is 0 Å². The van der Waals surface area contributed by atoms with Crippen LogP contribution < -0.4 is 20.3 Å². The number of allylic oxidation sites excluding steroid dienone is 2. The van der Waals surface area contributed by atoms with Crippen LogP contribution in [-0.2, 0) is 0 Å². The topological polar surface area (TPSA) is 81.3 Å². The van der Waals surface area contributed by atoms with Crippen molar-refractivity contribution in [1.82, 2.24) is 25.2 Å². The Bertz CT molecular complexity index is 1270. The summed E-state index contributed by atoms with van der Waals surface area (Å²) >= 11 is 0. The van der Waals surface area contributed by atoms with Gasteiger partial charge in [0.15, 0.2) is 11.6 Å². The van der Waals surface area contributed by atoms with Gasteiger partial charge >= 0.3 is 6.01 Å². The van der Waals surface area contributed by atoms with Gasteiger partial charge in [-0.25, -0.2) is 4.39 Å². The van der Waals surface area contributed by atoms with Gasteiger partial charge in [-0.15, -0.1) is 0 Å². The number of hydrogen-bond acceptors (Lipinski definition) is 7. The van der Waals surface area contributed by atoms with Gasteiger partial charge in [-0.2, -0.15) is 9.97 Å². The smallest absolute Gasteiger partial charge is 0.326 e. The predicted molar refractivity (Wildman–Crippen MR) is 137 cm³/mol. The molecule has 2 fully saturated rings. The van der Waals surface area contributed by atoms with Crippen LogP contribution in [0.25, 0.3) is 10.9 Å². The summed E-state index contributed by atoms with van der Waals surface area (Å²) in [6.07, 6.45) is 4.39. The molecular weight excluding hydrogens is 445 g/mol. The first kappa shape index (κ1) is 23.2. The summed E-state index contributed by atoms with van der Waals surface area (Å²) < 4.78 is 21.1. The third-order valence-electron chi connectivity index (χ3n) is 6.48. The summed E-state index contributed by atoms with van der Waals surface area (Å²) in [7, 11) is 4.03. The normalized spacial score (nSPS) is 17.0. The second-order valence-corrected chi connectivity index (χ2v) is 9.35. The van der Waals surface area contributed by atoms with E-state index in [-0.39, 0.29) is 11.8 Å². The molecule has 5 rings (SSSR count). The SMILES string of the molecule is C=C(/C=C(\NC)C1CC1)Nc1cc(N2CCN(C)CC2)nc(Oc2ccc3[nH]c(C)cc3c2F)n1. The number of fused-ring (bicyclic) bond motifs is 1. The summed E-state index contributed by atoms with van der Waals surface area (Å²) in [4.78, 5) is 16.8. The van der Waals surface area contributed by atoms with Crippen molar-refractivity contribution >= 4 is 22.5 Å². The predicted octanol–water partition coefficient (Wildman–Crippen LogP) is 4.39.